The molecule has 3 aromatic rings. The van der Waals surface area contributed by atoms with E-state index in [4.69, 9.17) is 0 Å². The van der Waals surface area contributed by atoms with E-state index in [0.717, 1.165) is 36.2 Å². The summed E-state index contributed by atoms with van der Waals surface area (Å²) in [6, 6.07) is 16.8. The molecule has 0 saturated carbocycles. The van der Waals surface area contributed by atoms with Crippen molar-refractivity contribution in [3.05, 3.63) is 83.8 Å². The van der Waals surface area contributed by atoms with Crippen LogP contribution in [0.3, 0.4) is 0 Å². The third kappa shape index (κ3) is 5.69. The first-order valence-electron chi connectivity index (χ1n) is 11.2. The van der Waals surface area contributed by atoms with Gasteiger partial charge in [-0.1, -0.05) is 18.2 Å². The maximum atomic E-state index is 13.1. The number of likely N-dealkylation sites (tertiary alicyclic amines) is 1. The van der Waals surface area contributed by atoms with Crippen molar-refractivity contribution in [2.45, 2.75) is 30.3 Å². The fourth-order valence-corrected chi connectivity index (χ4v) is 4.89. The van der Waals surface area contributed by atoms with Crippen LogP contribution in [0.2, 0.25) is 0 Å². The molecule has 178 valence electrons. The van der Waals surface area contributed by atoms with Crippen molar-refractivity contribution in [3.8, 4) is 11.3 Å². The predicted octanol–water partition coefficient (Wildman–Crippen LogP) is 4.03. The molecule has 1 amide bonds. The van der Waals surface area contributed by atoms with Crippen LogP contribution in [0.5, 0.6) is 0 Å². The van der Waals surface area contributed by atoms with Gasteiger partial charge in [0.05, 0.1) is 10.6 Å². The number of carbonyl (C=O) groups is 1. The molecule has 2 aromatic carbocycles. The molecule has 1 fully saturated rings. The highest BCUT2D eigenvalue weighted by Gasteiger charge is 2.26. The number of hydrogen-bond acceptors (Lipinski definition) is 5. The Morgan fingerprint density at radius 3 is 2.24 bits per heavy atom. The molecular weight excluding hydrogens is 453 g/mol. The summed E-state index contributed by atoms with van der Waals surface area (Å²) in [6.45, 7) is 2.09. The summed E-state index contributed by atoms with van der Waals surface area (Å²) in [7, 11) is -1.13. The van der Waals surface area contributed by atoms with Gasteiger partial charge in [0.25, 0.3) is 5.91 Å². The molecule has 0 bridgehead atoms. The van der Waals surface area contributed by atoms with E-state index < -0.39 is 9.84 Å². The Balaban J connectivity index is 1.31. The number of halogens is 1. The van der Waals surface area contributed by atoms with Gasteiger partial charge in [0.2, 0.25) is 0 Å². The van der Waals surface area contributed by atoms with E-state index in [9.17, 15) is 17.6 Å². The predicted molar refractivity (Wildman–Crippen MR) is 130 cm³/mol. The van der Waals surface area contributed by atoms with Gasteiger partial charge in [-0.05, 0) is 67.9 Å². The summed E-state index contributed by atoms with van der Waals surface area (Å²) in [5, 5.41) is 0. The van der Waals surface area contributed by atoms with E-state index in [-0.39, 0.29) is 11.7 Å². The Morgan fingerprint density at radius 2 is 1.68 bits per heavy atom. The first kappa shape index (κ1) is 24.0. The van der Waals surface area contributed by atoms with Crippen LogP contribution in [0.15, 0.2) is 71.8 Å². The van der Waals surface area contributed by atoms with Crippen molar-refractivity contribution < 1.29 is 17.6 Å². The minimum Gasteiger partial charge on any atom is -0.339 e. The van der Waals surface area contributed by atoms with Crippen molar-refractivity contribution in [2.24, 2.45) is 0 Å². The average molecular weight is 482 g/mol. The van der Waals surface area contributed by atoms with E-state index in [1.165, 1.54) is 30.5 Å². The lowest BCUT2D eigenvalue weighted by Gasteiger charge is -2.36. The van der Waals surface area contributed by atoms with Crippen LogP contribution in [0.1, 0.15) is 28.8 Å². The second-order valence-corrected chi connectivity index (χ2v) is 10.8. The van der Waals surface area contributed by atoms with E-state index in [2.05, 4.69) is 16.9 Å². The summed E-state index contributed by atoms with van der Waals surface area (Å²) in [5.74, 6) is -0.394. The second-order valence-electron chi connectivity index (χ2n) is 8.79. The van der Waals surface area contributed by atoms with Gasteiger partial charge >= 0.3 is 0 Å². The minimum atomic E-state index is -3.22. The number of piperidine rings is 1. The van der Waals surface area contributed by atoms with Gasteiger partial charge < -0.3 is 4.90 Å². The molecule has 2 heterocycles. The van der Waals surface area contributed by atoms with Gasteiger partial charge in [0.15, 0.2) is 9.84 Å². The molecule has 0 radical (unpaired) electrons. The number of aromatic nitrogens is 1. The maximum Gasteiger partial charge on any atom is 0.253 e. The number of hydrogen-bond donors (Lipinski definition) is 0. The van der Waals surface area contributed by atoms with Crippen LogP contribution in [-0.4, -0.2) is 61.5 Å². The fourth-order valence-electron chi connectivity index (χ4n) is 4.26. The van der Waals surface area contributed by atoms with Crippen molar-refractivity contribution >= 4 is 15.7 Å². The van der Waals surface area contributed by atoms with Crippen LogP contribution < -0.4 is 0 Å². The summed E-state index contributed by atoms with van der Waals surface area (Å²) in [5.41, 5.74) is 3.26. The molecule has 0 unspecified atom stereocenters. The molecule has 34 heavy (non-hydrogen) atoms. The quantitative estimate of drug-likeness (QED) is 0.532. The first-order chi connectivity index (χ1) is 16.2. The Kier molecular flexibility index (Phi) is 7.09. The smallest absolute Gasteiger partial charge is 0.253 e. The molecule has 0 N–H and O–H groups in total. The average Bonchev–Trinajstić information content (AvgIpc) is 2.84. The van der Waals surface area contributed by atoms with Crippen molar-refractivity contribution in [1.29, 1.82) is 0 Å². The van der Waals surface area contributed by atoms with E-state index >= 15 is 0 Å². The Bertz CT molecular complexity index is 1240. The van der Waals surface area contributed by atoms with Gasteiger partial charge in [0, 0.05) is 49.3 Å². The van der Waals surface area contributed by atoms with Gasteiger partial charge in [-0.25, -0.2) is 12.8 Å². The Labute approximate surface area is 200 Å². The van der Waals surface area contributed by atoms with Gasteiger partial charge in [0.1, 0.15) is 5.82 Å². The molecular formula is C26H28FN3O3S. The molecule has 0 atom stereocenters. The fraction of sp³-hybridized carbons (Fsp3) is 0.308. The van der Waals surface area contributed by atoms with Gasteiger partial charge in [-0.3, -0.25) is 14.7 Å². The lowest BCUT2D eigenvalue weighted by atomic mass is 10.0. The third-order valence-electron chi connectivity index (χ3n) is 6.30. The number of benzene rings is 2. The number of carbonyl (C=O) groups excluding carboxylic acids is 1. The van der Waals surface area contributed by atoms with Crippen LogP contribution in [-0.2, 0) is 16.4 Å². The van der Waals surface area contributed by atoms with Crippen molar-refractivity contribution in [3.63, 3.8) is 0 Å². The number of rotatable bonds is 6. The number of pyridine rings is 1. The molecule has 8 heteroatoms. The van der Waals surface area contributed by atoms with Crippen LogP contribution >= 0.6 is 0 Å². The van der Waals surface area contributed by atoms with Crippen LogP contribution in [0.4, 0.5) is 4.39 Å². The highest BCUT2D eigenvalue weighted by molar-refractivity contribution is 7.90. The Morgan fingerprint density at radius 1 is 1.03 bits per heavy atom. The monoisotopic (exact) mass is 481 g/mol. The maximum absolute atomic E-state index is 13.1. The molecule has 1 aliphatic heterocycles. The first-order valence-corrected chi connectivity index (χ1v) is 13.1. The molecule has 4 rings (SSSR count). The van der Waals surface area contributed by atoms with Crippen LogP contribution in [0.25, 0.3) is 11.3 Å². The molecule has 1 aliphatic rings. The SMILES string of the molecule is CN(Cc1ccc(-c2ccc(S(C)(=O)=O)cc2)nc1)C1CCN(C(=O)c2ccc(F)cc2)CC1. The number of sulfone groups is 1. The summed E-state index contributed by atoms with van der Waals surface area (Å²) in [4.78, 5) is 21.6. The van der Waals surface area contributed by atoms with Gasteiger partial charge in [-0.2, -0.15) is 0 Å². The molecule has 1 saturated heterocycles. The highest BCUT2D eigenvalue weighted by atomic mass is 32.2. The standard InChI is InChI=1S/C26H28FN3O3S/c1-29(23-13-15-30(16-14-23)26(31)21-4-8-22(27)9-5-21)18-19-3-12-25(28-17-19)20-6-10-24(11-7-20)34(2,32)33/h3-12,17,23H,13-16,18H2,1-2H3. The zero-order chi connectivity index (χ0) is 24.3. The zero-order valence-corrected chi connectivity index (χ0v) is 20.1. The van der Waals surface area contributed by atoms with E-state index in [1.54, 1.807) is 24.3 Å². The highest BCUT2D eigenvalue weighted by Crippen LogP contribution is 2.22. The largest absolute Gasteiger partial charge is 0.339 e. The Hall–Kier alpha value is -3.10. The summed E-state index contributed by atoms with van der Waals surface area (Å²) < 4.78 is 36.4. The molecule has 6 nitrogen and oxygen atoms in total. The second kappa shape index (κ2) is 10.0. The molecule has 0 aliphatic carbocycles. The molecule has 0 spiro atoms. The lowest BCUT2D eigenvalue weighted by molar-refractivity contribution is 0.0639. The van der Waals surface area contributed by atoms with Crippen molar-refractivity contribution in [1.82, 2.24) is 14.8 Å². The summed E-state index contributed by atoms with van der Waals surface area (Å²) in [6.07, 6.45) is 4.80. The van der Waals surface area contributed by atoms with Crippen LogP contribution in [0, 0.1) is 5.82 Å². The van der Waals surface area contributed by atoms with E-state index in [0.29, 0.717) is 29.6 Å². The zero-order valence-electron chi connectivity index (χ0n) is 19.3. The van der Waals surface area contributed by atoms with Crippen molar-refractivity contribution in [2.75, 3.05) is 26.4 Å². The number of nitrogens with zero attached hydrogens (tertiary/aromatic N) is 3. The normalized spacial score (nSPS) is 15.0. The topological polar surface area (TPSA) is 70.6 Å². The third-order valence-corrected chi connectivity index (χ3v) is 7.43. The van der Waals surface area contributed by atoms with E-state index in [1.807, 2.05) is 23.2 Å². The number of amides is 1. The molecule has 1 aromatic heterocycles. The minimum absolute atomic E-state index is 0.0505. The van der Waals surface area contributed by atoms with Gasteiger partial charge in [-0.15, -0.1) is 0 Å². The lowest BCUT2D eigenvalue weighted by Crippen LogP contribution is -2.45. The summed E-state index contributed by atoms with van der Waals surface area (Å²) >= 11 is 0.